The zero-order valence-electron chi connectivity index (χ0n) is 30.2. The predicted molar refractivity (Wildman–Crippen MR) is 198 cm³/mol. The third-order valence-electron chi connectivity index (χ3n) is 8.53. The van der Waals surface area contributed by atoms with Gasteiger partial charge in [-0.1, -0.05) is 18.2 Å². The van der Waals surface area contributed by atoms with Gasteiger partial charge in [0.05, 0.1) is 31.1 Å². The summed E-state index contributed by atoms with van der Waals surface area (Å²) >= 11 is 0. The molecule has 1 aliphatic rings. The molecule has 51 heavy (non-hydrogen) atoms. The fourth-order valence-corrected chi connectivity index (χ4v) is 5.62. The van der Waals surface area contributed by atoms with Crippen molar-refractivity contribution in [2.24, 2.45) is 0 Å². The molecule has 4 rings (SSSR count). The fourth-order valence-electron chi connectivity index (χ4n) is 5.62. The second kappa shape index (κ2) is 20.0. The van der Waals surface area contributed by atoms with E-state index in [4.69, 9.17) is 14.2 Å². The van der Waals surface area contributed by atoms with Crippen LogP contribution in [0.3, 0.4) is 0 Å². The highest BCUT2D eigenvalue weighted by Gasteiger charge is 2.19. The predicted octanol–water partition coefficient (Wildman–Crippen LogP) is 5.26. The number of amides is 4. The largest absolute Gasteiger partial charge is 0.493 e. The van der Waals surface area contributed by atoms with E-state index in [1.54, 1.807) is 49.6 Å². The summed E-state index contributed by atoms with van der Waals surface area (Å²) in [5.41, 5.74) is 3.42. The van der Waals surface area contributed by atoms with E-state index in [2.05, 4.69) is 27.9 Å². The highest BCUT2D eigenvalue weighted by molar-refractivity contribution is 6.08. The molecule has 0 saturated carbocycles. The molecule has 0 spiro atoms. The van der Waals surface area contributed by atoms with Crippen LogP contribution in [0.15, 0.2) is 60.7 Å². The summed E-state index contributed by atoms with van der Waals surface area (Å²) in [5, 5.41) is 8.63. The number of aryl methyl sites for hydroxylation is 1. The maximum absolute atomic E-state index is 13.4. The summed E-state index contributed by atoms with van der Waals surface area (Å²) in [6.45, 7) is 8.29. The Bertz CT molecular complexity index is 1640. The lowest BCUT2D eigenvalue weighted by Crippen LogP contribution is -2.47. The van der Waals surface area contributed by atoms with Gasteiger partial charge in [-0.25, -0.2) is 0 Å². The van der Waals surface area contributed by atoms with Gasteiger partial charge in [0.15, 0.2) is 0 Å². The summed E-state index contributed by atoms with van der Waals surface area (Å²) in [6, 6.07) is 17.6. The van der Waals surface area contributed by atoms with E-state index in [9.17, 15) is 19.2 Å². The molecule has 0 aliphatic carbocycles. The fraction of sp³-hybridized carbons (Fsp3) is 0.436. The van der Waals surface area contributed by atoms with Crippen LogP contribution in [-0.2, 0) is 20.9 Å². The van der Waals surface area contributed by atoms with Gasteiger partial charge in [-0.3, -0.25) is 19.2 Å². The number of carbonyl (C=O) groups excluding carboxylic acids is 4. The van der Waals surface area contributed by atoms with Crippen molar-refractivity contribution in [2.45, 2.75) is 52.6 Å². The number of ether oxygens (including phenoxy) is 3. The Balaban J connectivity index is 1.32. The van der Waals surface area contributed by atoms with Crippen molar-refractivity contribution in [1.82, 2.24) is 15.1 Å². The lowest BCUT2D eigenvalue weighted by Gasteiger charge is -2.32. The second-order valence-electron chi connectivity index (χ2n) is 12.7. The number of nitrogens with zero attached hydrogens (tertiary/aromatic N) is 2. The van der Waals surface area contributed by atoms with E-state index >= 15 is 0 Å². The Morgan fingerprint density at radius 3 is 2.24 bits per heavy atom. The Kier molecular flexibility index (Phi) is 15.3. The molecule has 0 radical (unpaired) electrons. The number of anilines is 2. The van der Waals surface area contributed by atoms with Crippen LogP contribution in [0.25, 0.3) is 0 Å². The Morgan fingerprint density at radius 1 is 0.765 bits per heavy atom. The number of benzene rings is 3. The Hall–Kier alpha value is -4.94. The number of piperazine rings is 1. The van der Waals surface area contributed by atoms with Crippen molar-refractivity contribution in [3.05, 3.63) is 82.9 Å². The zero-order valence-corrected chi connectivity index (χ0v) is 30.2. The molecule has 4 amide bonds. The molecule has 0 bridgehead atoms. The molecule has 1 heterocycles. The van der Waals surface area contributed by atoms with E-state index in [1.807, 2.05) is 30.0 Å². The number of para-hydroxylation sites is 1. The van der Waals surface area contributed by atoms with Crippen molar-refractivity contribution < 1.29 is 33.4 Å². The van der Waals surface area contributed by atoms with Crippen LogP contribution in [0.4, 0.5) is 11.4 Å². The van der Waals surface area contributed by atoms with E-state index in [-0.39, 0.29) is 30.2 Å². The van der Waals surface area contributed by atoms with Crippen LogP contribution >= 0.6 is 0 Å². The van der Waals surface area contributed by atoms with Crippen LogP contribution < -0.4 is 25.4 Å². The van der Waals surface area contributed by atoms with Crippen LogP contribution in [0.1, 0.15) is 70.9 Å². The molecule has 12 heteroatoms. The van der Waals surface area contributed by atoms with Gasteiger partial charge >= 0.3 is 0 Å². The SMILES string of the molecule is COCc1cc(C(=O)Nc2ccc(C)cc2OCCCCCC(=O)N2CCN(C)CC2)ccc1NC(=O)c1ccccc1OCCCNC(C)=O. The minimum atomic E-state index is -0.370. The molecule has 3 N–H and O–H groups in total. The second-order valence-corrected chi connectivity index (χ2v) is 12.7. The molecule has 1 aliphatic heterocycles. The summed E-state index contributed by atoms with van der Waals surface area (Å²) in [7, 11) is 3.62. The Labute approximate surface area is 300 Å². The molecule has 0 atom stereocenters. The summed E-state index contributed by atoms with van der Waals surface area (Å²) < 4.78 is 17.3. The van der Waals surface area contributed by atoms with Gasteiger partial charge in [0.25, 0.3) is 11.8 Å². The molecular formula is C39H51N5O7. The van der Waals surface area contributed by atoms with Crippen molar-refractivity contribution in [1.29, 1.82) is 0 Å². The standard InChI is InChI=1S/C39H51N5O7/c1-28-14-16-34(36(25-28)51-23-9-5-6-13-37(46)44-21-19-43(3)20-22-44)42-38(47)30-15-17-33(31(26-30)27-49-4)41-39(48)32-11-7-8-12-35(32)50-24-10-18-40-29(2)45/h7-8,11-12,14-17,25-26H,5-6,9-10,13,18-24,27H2,1-4H3,(H,40,45)(H,41,48)(H,42,47). The van der Waals surface area contributed by atoms with Gasteiger partial charge in [-0.05, 0) is 87.7 Å². The van der Waals surface area contributed by atoms with Crippen LogP contribution in [0.2, 0.25) is 0 Å². The Morgan fingerprint density at radius 2 is 1.47 bits per heavy atom. The molecular weight excluding hydrogens is 650 g/mol. The first-order valence-electron chi connectivity index (χ1n) is 17.5. The third kappa shape index (κ3) is 12.4. The van der Waals surface area contributed by atoms with Gasteiger partial charge in [0, 0.05) is 70.0 Å². The quantitative estimate of drug-likeness (QED) is 0.153. The average molecular weight is 702 g/mol. The molecule has 1 fully saturated rings. The summed E-state index contributed by atoms with van der Waals surface area (Å²) in [4.78, 5) is 54.6. The lowest BCUT2D eigenvalue weighted by atomic mass is 10.1. The van der Waals surface area contributed by atoms with Crippen molar-refractivity contribution in [3.63, 3.8) is 0 Å². The number of unbranched alkanes of at least 4 members (excludes halogenated alkanes) is 2. The first kappa shape index (κ1) is 38.9. The minimum Gasteiger partial charge on any atom is -0.493 e. The molecule has 1 saturated heterocycles. The third-order valence-corrected chi connectivity index (χ3v) is 8.53. The van der Waals surface area contributed by atoms with Crippen molar-refractivity contribution in [2.75, 3.05) is 70.7 Å². The summed E-state index contributed by atoms with van der Waals surface area (Å²) in [5.74, 6) is 0.413. The normalized spacial score (nSPS) is 13.0. The first-order chi connectivity index (χ1) is 24.6. The molecule has 12 nitrogen and oxygen atoms in total. The number of hydrogen-bond acceptors (Lipinski definition) is 8. The van der Waals surface area contributed by atoms with Gasteiger partial charge in [0.1, 0.15) is 11.5 Å². The van der Waals surface area contributed by atoms with Gasteiger partial charge < -0.3 is 40.0 Å². The zero-order chi connectivity index (χ0) is 36.6. The number of carbonyl (C=O) groups is 4. The molecule has 3 aromatic carbocycles. The number of methoxy groups -OCH3 is 1. The lowest BCUT2D eigenvalue weighted by molar-refractivity contribution is -0.132. The molecule has 0 aromatic heterocycles. The van der Waals surface area contributed by atoms with Gasteiger partial charge in [-0.15, -0.1) is 0 Å². The van der Waals surface area contributed by atoms with Crippen LogP contribution in [0, 0.1) is 6.92 Å². The summed E-state index contributed by atoms with van der Waals surface area (Å²) in [6.07, 6.45) is 3.62. The smallest absolute Gasteiger partial charge is 0.259 e. The van der Waals surface area contributed by atoms with Crippen molar-refractivity contribution >= 4 is 35.0 Å². The van der Waals surface area contributed by atoms with Crippen LogP contribution in [-0.4, -0.2) is 93.5 Å². The monoisotopic (exact) mass is 701 g/mol. The van der Waals surface area contributed by atoms with E-state index in [0.29, 0.717) is 72.2 Å². The molecule has 0 unspecified atom stereocenters. The maximum Gasteiger partial charge on any atom is 0.259 e. The number of nitrogens with one attached hydrogen (secondary N) is 3. The first-order valence-corrected chi connectivity index (χ1v) is 17.5. The number of hydrogen-bond donors (Lipinski definition) is 3. The highest BCUT2D eigenvalue weighted by atomic mass is 16.5. The highest BCUT2D eigenvalue weighted by Crippen LogP contribution is 2.28. The van der Waals surface area contributed by atoms with Gasteiger partial charge in [-0.2, -0.15) is 0 Å². The van der Waals surface area contributed by atoms with E-state index in [0.717, 1.165) is 51.0 Å². The number of likely N-dealkylation sites (N-methyl/N-ethyl adjacent to an activating group) is 1. The maximum atomic E-state index is 13.4. The van der Waals surface area contributed by atoms with Gasteiger partial charge in [0.2, 0.25) is 11.8 Å². The number of rotatable bonds is 18. The van der Waals surface area contributed by atoms with E-state index in [1.165, 1.54) is 6.92 Å². The molecule has 3 aromatic rings. The van der Waals surface area contributed by atoms with E-state index < -0.39 is 0 Å². The van der Waals surface area contributed by atoms with Crippen molar-refractivity contribution in [3.8, 4) is 11.5 Å². The molecule has 274 valence electrons. The van der Waals surface area contributed by atoms with Crippen LogP contribution in [0.5, 0.6) is 11.5 Å². The minimum absolute atomic E-state index is 0.108. The topological polar surface area (TPSA) is 139 Å². The average Bonchev–Trinajstić information content (AvgIpc) is 3.11.